The van der Waals surface area contributed by atoms with Gasteiger partial charge in [-0.1, -0.05) is 5.16 Å². The first-order chi connectivity index (χ1) is 12.7. The lowest BCUT2D eigenvalue weighted by molar-refractivity contribution is -0.133. The Hall–Kier alpha value is -2.24. The molecule has 4 rings (SSSR count). The van der Waals surface area contributed by atoms with Crippen molar-refractivity contribution in [3.05, 3.63) is 35.9 Å². The Morgan fingerprint density at radius 2 is 2.00 bits per heavy atom. The van der Waals surface area contributed by atoms with E-state index < -0.39 is 0 Å². The third-order valence-electron chi connectivity index (χ3n) is 5.37. The zero-order chi connectivity index (χ0) is 17.9. The van der Waals surface area contributed by atoms with Gasteiger partial charge in [0, 0.05) is 31.5 Å². The fraction of sp³-hybridized carbons (Fsp3) is 0.550. The van der Waals surface area contributed by atoms with E-state index >= 15 is 0 Å². The standard InChI is InChI=1S/C20H24FN3O2/c21-17-8-6-16(7-9-17)20-22-18(23-26-20)10-5-15-2-1-11-24(13-15)19(25)12-14-3-4-14/h6-9,14-15H,1-5,10-13H2/t15-/m1/s1. The number of piperidine rings is 1. The van der Waals surface area contributed by atoms with Crippen LogP contribution < -0.4 is 0 Å². The molecule has 2 heterocycles. The number of carbonyl (C=O) groups excluding carboxylic acids is 1. The van der Waals surface area contributed by atoms with Crippen LogP contribution in [0.4, 0.5) is 4.39 Å². The predicted octanol–water partition coefficient (Wildman–Crippen LogP) is 3.85. The van der Waals surface area contributed by atoms with Gasteiger partial charge in [0.15, 0.2) is 5.82 Å². The summed E-state index contributed by atoms with van der Waals surface area (Å²) in [5.41, 5.74) is 0.722. The van der Waals surface area contributed by atoms with Crippen LogP contribution in [0.25, 0.3) is 11.5 Å². The highest BCUT2D eigenvalue weighted by Crippen LogP contribution is 2.33. The number of aromatic nitrogens is 2. The number of hydrogen-bond acceptors (Lipinski definition) is 4. The molecule has 0 radical (unpaired) electrons. The molecular formula is C20H24FN3O2. The maximum atomic E-state index is 13.0. The molecule has 1 atom stereocenters. The fourth-order valence-corrected chi connectivity index (χ4v) is 3.62. The first-order valence-electron chi connectivity index (χ1n) is 9.53. The molecule has 26 heavy (non-hydrogen) atoms. The Kier molecular flexibility index (Phi) is 5.00. The average molecular weight is 357 g/mol. The molecule has 1 saturated carbocycles. The number of aryl methyl sites for hydroxylation is 1. The Bertz CT molecular complexity index is 755. The van der Waals surface area contributed by atoms with E-state index in [1.807, 2.05) is 4.90 Å². The number of amides is 1. The quantitative estimate of drug-likeness (QED) is 0.788. The van der Waals surface area contributed by atoms with Crippen molar-refractivity contribution in [2.75, 3.05) is 13.1 Å². The SMILES string of the molecule is O=C(CC1CC1)N1CCC[C@H](CCc2noc(-c3ccc(F)cc3)n2)C1. The lowest BCUT2D eigenvalue weighted by Gasteiger charge is -2.32. The molecule has 2 aliphatic rings. The molecule has 0 unspecified atom stereocenters. The summed E-state index contributed by atoms with van der Waals surface area (Å²) >= 11 is 0. The number of nitrogens with zero attached hydrogens (tertiary/aromatic N) is 3. The first-order valence-corrected chi connectivity index (χ1v) is 9.53. The molecule has 0 spiro atoms. The molecule has 138 valence electrons. The molecule has 1 aromatic heterocycles. The molecule has 2 fully saturated rings. The predicted molar refractivity (Wildman–Crippen MR) is 94.7 cm³/mol. The van der Waals surface area contributed by atoms with Crippen molar-refractivity contribution in [3.8, 4) is 11.5 Å². The van der Waals surface area contributed by atoms with E-state index in [1.54, 1.807) is 12.1 Å². The highest BCUT2D eigenvalue weighted by Gasteiger charge is 2.29. The minimum atomic E-state index is -0.286. The lowest BCUT2D eigenvalue weighted by Crippen LogP contribution is -2.40. The molecular weight excluding hydrogens is 333 g/mol. The van der Waals surface area contributed by atoms with Gasteiger partial charge in [-0.05, 0) is 68.2 Å². The maximum absolute atomic E-state index is 13.0. The molecule has 1 aliphatic carbocycles. The van der Waals surface area contributed by atoms with E-state index in [1.165, 1.54) is 25.0 Å². The number of carbonyl (C=O) groups is 1. The second-order valence-electron chi connectivity index (χ2n) is 7.56. The van der Waals surface area contributed by atoms with Crippen LogP contribution in [0.1, 0.15) is 44.3 Å². The average Bonchev–Trinajstić information content (AvgIpc) is 3.35. The Morgan fingerprint density at radius 3 is 2.77 bits per heavy atom. The zero-order valence-electron chi connectivity index (χ0n) is 14.9. The normalized spacial score (nSPS) is 20.3. The second-order valence-corrected chi connectivity index (χ2v) is 7.56. The third-order valence-corrected chi connectivity index (χ3v) is 5.37. The van der Waals surface area contributed by atoms with E-state index in [0.717, 1.165) is 50.8 Å². The Balaban J connectivity index is 1.29. The maximum Gasteiger partial charge on any atom is 0.257 e. The van der Waals surface area contributed by atoms with Crippen molar-refractivity contribution in [2.24, 2.45) is 11.8 Å². The van der Waals surface area contributed by atoms with E-state index in [4.69, 9.17) is 4.52 Å². The molecule has 1 aliphatic heterocycles. The van der Waals surface area contributed by atoms with Gasteiger partial charge in [-0.2, -0.15) is 4.98 Å². The van der Waals surface area contributed by atoms with Gasteiger partial charge in [-0.3, -0.25) is 4.79 Å². The van der Waals surface area contributed by atoms with Crippen LogP contribution in [0.3, 0.4) is 0 Å². The van der Waals surface area contributed by atoms with Gasteiger partial charge >= 0.3 is 0 Å². The number of hydrogen-bond donors (Lipinski definition) is 0. The molecule has 5 nitrogen and oxygen atoms in total. The van der Waals surface area contributed by atoms with Gasteiger partial charge < -0.3 is 9.42 Å². The van der Waals surface area contributed by atoms with Gasteiger partial charge in [-0.15, -0.1) is 0 Å². The molecule has 2 aromatic rings. The second kappa shape index (κ2) is 7.56. The number of halogens is 1. The summed E-state index contributed by atoms with van der Waals surface area (Å²) in [5, 5.41) is 4.04. The summed E-state index contributed by atoms with van der Waals surface area (Å²) in [5.74, 6) is 2.28. The van der Waals surface area contributed by atoms with Crippen molar-refractivity contribution < 1.29 is 13.7 Å². The van der Waals surface area contributed by atoms with Gasteiger partial charge in [0.1, 0.15) is 5.82 Å². The lowest BCUT2D eigenvalue weighted by atomic mass is 9.93. The van der Waals surface area contributed by atoms with Gasteiger partial charge in [0.05, 0.1) is 0 Å². The number of likely N-dealkylation sites (tertiary alicyclic amines) is 1. The first kappa shape index (κ1) is 17.2. The zero-order valence-corrected chi connectivity index (χ0v) is 14.9. The smallest absolute Gasteiger partial charge is 0.257 e. The van der Waals surface area contributed by atoms with Crippen LogP contribution in [0.2, 0.25) is 0 Å². The van der Waals surface area contributed by atoms with Crippen molar-refractivity contribution in [3.63, 3.8) is 0 Å². The van der Waals surface area contributed by atoms with E-state index in [-0.39, 0.29) is 5.82 Å². The van der Waals surface area contributed by atoms with E-state index in [0.29, 0.717) is 29.5 Å². The van der Waals surface area contributed by atoms with Gasteiger partial charge in [0.25, 0.3) is 5.89 Å². The summed E-state index contributed by atoms with van der Waals surface area (Å²) in [6.45, 7) is 1.76. The highest BCUT2D eigenvalue weighted by molar-refractivity contribution is 5.76. The molecule has 1 aromatic carbocycles. The summed E-state index contributed by atoms with van der Waals surface area (Å²) in [7, 11) is 0. The van der Waals surface area contributed by atoms with E-state index in [2.05, 4.69) is 10.1 Å². The van der Waals surface area contributed by atoms with Crippen LogP contribution >= 0.6 is 0 Å². The molecule has 6 heteroatoms. The van der Waals surface area contributed by atoms with Crippen LogP contribution in [0, 0.1) is 17.7 Å². The summed E-state index contributed by atoms with van der Waals surface area (Å²) in [6, 6.07) is 6.04. The number of rotatable bonds is 6. The molecule has 0 bridgehead atoms. The molecule has 0 N–H and O–H groups in total. The largest absolute Gasteiger partial charge is 0.342 e. The van der Waals surface area contributed by atoms with Crippen LogP contribution in [0.5, 0.6) is 0 Å². The van der Waals surface area contributed by atoms with Crippen LogP contribution in [-0.4, -0.2) is 34.0 Å². The highest BCUT2D eigenvalue weighted by atomic mass is 19.1. The minimum Gasteiger partial charge on any atom is -0.342 e. The van der Waals surface area contributed by atoms with Gasteiger partial charge in [-0.25, -0.2) is 4.39 Å². The van der Waals surface area contributed by atoms with E-state index in [9.17, 15) is 9.18 Å². The van der Waals surface area contributed by atoms with Crippen LogP contribution in [0.15, 0.2) is 28.8 Å². The van der Waals surface area contributed by atoms with Crippen molar-refractivity contribution in [1.82, 2.24) is 15.0 Å². The monoisotopic (exact) mass is 357 g/mol. The molecule has 1 saturated heterocycles. The fourth-order valence-electron chi connectivity index (χ4n) is 3.62. The topological polar surface area (TPSA) is 59.2 Å². The van der Waals surface area contributed by atoms with Crippen molar-refractivity contribution in [1.29, 1.82) is 0 Å². The third kappa shape index (κ3) is 4.29. The summed E-state index contributed by atoms with van der Waals surface area (Å²) in [6.07, 6.45) is 7.09. The number of benzene rings is 1. The summed E-state index contributed by atoms with van der Waals surface area (Å²) in [4.78, 5) is 18.8. The summed E-state index contributed by atoms with van der Waals surface area (Å²) < 4.78 is 18.3. The van der Waals surface area contributed by atoms with Gasteiger partial charge in [0.2, 0.25) is 5.91 Å². The Morgan fingerprint density at radius 1 is 1.19 bits per heavy atom. The van der Waals surface area contributed by atoms with Crippen molar-refractivity contribution >= 4 is 5.91 Å². The minimum absolute atomic E-state index is 0.286. The van der Waals surface area contributed by atoms with Crippen LogP contribution in [-0.2, 0) is 11.2 Å². The Labute approximate surface area is 152 Å². The van der Waals surface area contributed by atoms with Crippen molar-refractivity contribution in [2.45, 2.75) is 44.9 Å². The molecule has 1 amide bonds.